The summed E-state index contributed by atoms with van der Waals surface area (Å²) < 4.78 is 1.78. The van der Waals surface area contributed by atoms with Crippen LogP contribution in [0.5, 0.6) is 0 Å². The number of amides is 1. The van der Waals surface area contributed by atoms with Crippen molar-refractivity contribution in [3.63, 3.8) is 0 Å². The lowest BCUT2D eigenvalue weighted by atomic mass is 9.80. The Morgan fingerprint density at radius 1 is 1.47 bits per heavy atom. The van der Waals surface area contributed by atoms with E-state index >= 15 is 0 Å². The normalized spacial score (nSPS) is 17.7. The standard InChI is InChI=1S/C14H24N4O/c1-5-11-7-12(18(6-2)16-11)13(19)17-8-14(15,9-17)10(3)4/h7,10H,5-6,8-9,15H2,1-4H3. The molecule has 2 heterocycles. The number of carbonyl (C=O) groups excluding carboxylic acids is 1. The molecule has 1 aromatic rings. The minimum absolute atomic E-state index is 0.0516. The summed E-state index contributed by atoms with van der Waals surface area (Å²) in [5.41, 5.74) is 7.67. The Hall–Kier alpha value is -1.36. The molecule has 0 aliphatic carbocycles. The van der Waals surface area contributed by atoms with Crippen LogP contribution < -0.4 is 5.73 Å². The van der Waals surface area contributed by atoms with Crippen molar-refractivity contribution in [2.75, 3.05) is 13.1 Å². The summed E-state index contributed by atoms with van der Waals surface area (Å²) in [7, 11) is 0. The van der Waals surface area contributed by atoms with E-state index < -0.39 is 0 Å². The van der Waals surface area contributed by atoms with Gasteiger partial charge in [0.1, 0.15) is 5.69 Å². The fourth-order valence-corrected chi connectivity index (χ4v) is 2.39. The molecule has 2 N–H and O–H groups in total. The smallest absolute Gasteiger partial charge is 0.272 e. The second kappa shape index (κ2) is 4.96. The number of likely N-dealkylation sites (tertiary alicyclic amines) is 1. The van der Waals surface area contributed by atoms with E-state index in [1.54, 1.807) is 4.68 Å². The molecule has 19 heavy (non-hydrogen) atoms. The Labute approximate surface area is 114 Å². The third-order valence-corrected chi connectivity index (χ3v) is 4.12. The van der Waals surface area contributed by atoms with Crippen LogP contribution in [0.15, 0.2) is 6.07 Å². The van der Waals surface area contributed by atoms with Gasteiger partial charge in [0.05, 0.1) is 11.2 Å². The number of nitrogens with two attached hydrogens (primary N) is 1. The summed E-state index contributed by atoms with van der Waals surface area (Å²) in [5, 5.41) is 4.42. The molecule has 1 amide bonds. The highest BCUT2D eigenvalue weighted by molar-refractivity contribution is 5.93. The molecule has 2 rings (SSSR count). The van der Waals surface area contributed by atoms with Crippen LogP contribution in [0.1, 0.15) is 43.9 Å². The van der Waals surface area contributed by atoms with Gasteiger partial charge in [-0.15, -0.1) is 0 Å². The number of aryl methyl sites for hydroxylation is 2. The van der Waals surface area contributed by atoms with Crippen molar-refractivity contribution < 1.29 is 4.79 Å². The molecule has 0 unspecified atom stereocenters. The van der Waals surface area contributed by atoms with E-state index in [1.807, 2.05) is 24.8 Å². The summed E-state index contributed by atoms with van der Waals surface area (Å²) in [6, 6.07) is 1.90. The maximum Gasteiger partial charge on any atom is 0.272 e. The van der Waals surface area contributed by atoms with Crippen LogP contribution >= 0.6 is 0 Å². The van der Waals surface area contributed by atoms with E-state index in [9.17, 15) is 4.79 Å². The Morgan fingerprint density at radius 3 is 2.58 bits per heavy atom. The van der Waals surface area contributed by atoms with Gasteiger partial charge in [0.25, 0.3) is 5.91 Å². The molecule has 0 bridgehead atoms. The summed E-state index contributed by atoms with van der Waals surface area (Å²) >= 11 is 0. The van der Waals surface area contributed by atoms with Gasteiger partial charge in [-0.05, 0) is 25.3 Å². The number of rotatable bonds is 4. The van der Waals surface area contributed by atoms with Gasteiger partial charge in [-0.1, -0.05) is 20.8 Å². The Kier molecular flexibility index (Phi) is 3.67. The third-order valence-electron chi connectivity index (χ3n) is 4.12. The topological polar surface area (TPSA) is 64.2 Å². The second-order valence-corrected chi connectivity index (χ2v) is 5.74. The number of hydrogen-bond donors (Lipinski definition) is 1. The van der Waals surface area contributed by atoms with E-state index in [-0.39, 0.29) is 11.4 Å². The Bertz CT molecular complexity index is 472. The predicted octanol–water partition coefficient (Wildman–Crippen LogP) is 1.27. The Morgan fingerprint density at radius 2 is 2.11 bits per heavy atom. The lowest BCUT2D eigenvalue weighted by molar-refractivity contribution is 0.0264. The monoisotopic (exact) mass is 264 g/mol. The molecule has 0 radical (unpaired) electrons. The van der Waals surface area contributed by atoms with E-state index in [0.717, 1.165) is 12.1 Å². The first-order valence-corrected chi connectivity index (χ1v) is 7.06. The van der Waals surface area contributed by atoms with E-state index in [1.165, 1.54) is 0 Å². The Balaban J connectivity index is 2.12. The van der Waals surface area contributed by atoms with Crippen LogP contribution in [-0.2, 0) is 13.0 Å². The van der Waals surface area contributed by atoms with Gasteiger partial charge in [-0.3, -0.25) is 9.48 Å². The van der Waals surface area contributed by atoms with Crippen LogP contribution in [0.4, 0.5) is 0 Å². The first-order chi connectivity index (χ1) is 8.91. The molecule has 1 aromatic heterocycles. The van der Waals surface area contributed by atoms with Crippen LogP contribution in [-0.4, -0.2) is 39.2 Å². The van der Waals surface area contributed by atoms with Gasteiger partial charge in [-0.25, -0.2) is 0 Å². The minimum atomic E-state index is -0.222. The maximum absolute atomic E-state index is 12.5. The molecule has 5 heteroatoms. The molecular formula is C14H24N4O. The van der Waals surface area contributed by atoms with Crippen LogP contribution in [0, 0.1) is 5.92 Å². The lowest BCUT2D eigenvalue weighted by Crippen LogP contribution is -2.71. The predicted molar refractivity (Wildman–Crippen MR) is 74.9 cm³/mol. The molecular weight excluding hydrogens is 240 g/mol. The molecule has 1 fully saturated rings. The zero-order valence-electron chi connectivity index (χ0n) is 12.3. The van der Waals surface area contributed by atoms with Gasteiger partial charge in [0.15, 0.2) is 0 Å². The molecule has 1 saturated heterocycles. The molecule has 5 nitrogen and oxygen atoms in total. The van der Waals surface area contributed by atoms with E-state index in [4.69, 9.17) is 5.73 Å². The van der Waals surface area contributed by atoms with Crippen molar-refractivity contribution in [1.82, 2.24) is 14.7 Å². The highest BCUT2D eigenvalue weighted by Gasteiger charge is 2.44. The molecule has 0 atom stereocenters. The molecule has 1 aliphatic rings. The first-order valence-electron chi connectivity index (χ1n) is 7.06. The number of aromatic nitrogens is 2. The maximum atomic E-state index is 12.5. The highest BCUT2D eigenvalue weighted by atomic mass is 16.2. The quantitative estimate of drug-likeness (QED) is 0.891. The average Bonchev–Trinajstić information content (AvgIpc) is 2.77. The molecule has 1 aliphatic heterocycles. The number of nitrogens with zero attached hydrogens (tertiary/aromatic N) is 3. The second-order valence-electron chi connectivity index (χ2n) is 5.74. The fourth-order valence-electron chi connectivity index (χ4n) is 2.39. The summed E-state index contributed by atoms with van der Waals surface area (Å²) in [6.45, 7) is 10.2. The van der Waals surface area contributed by atoms with Gasteiger partial charge in [0, 0.05) is 19.6 Å². The largest absolute Gasteiger partial charge is 0.333 e. The fraction of sp³-hybridized carbons (Fsp3) is 0.714. The van der Waals surface area contributed by atoms with Gasteiger partial charge in [0.2, 0.25) is 0 Å². The highest BCUT2D eigenvalue weighted by Crippen LogP contribution is 2.27. The third kappa shape index (κ3) is 2.39. The molecule has 0 spiro atoms. The van der Waals surface area contributed by atoms with Crippen molar-refractivity contribution in [2.45, 2.75) is 46.2 Å². The SMILES string of the molecule is CCc1cc(C(=O)N2CC(N)(C(C)C)C2)n(CC)n1. The summed E-state index contributed by atoms with van der Waals surface area (Å²) in [6.07, 6.45) is 0.847. The molecule has 0 aromatic carbocycles. The summed E-state index contributed by atoms with van der Waals surface area (Å²) in [4.78, 5) is 14.3. The zero-order valence-corrected chi connectivity index (χ0v) is 12.3. The van der Waals surface area contributed by atoms with E-state index in [0.29, 0.717) is 31.2 Å². The molecule has 0 saturated carbocycles. The number of hydrogen-bond acceptors (Lipinski definition) is 3. The molecule has 106 valence electrons. The number of carbonyl (C=O) groups is 1. The van der Waals surface area contributed by atoms with Crippen molar-refractivity contribution in [1.29, 1.82) is 0 Å². The van der Waals surface area contributed by atoms with Crippen molar-refractivity contribution >= 4 is 5.91 Å². The van der Waals surface area contributed by atoms with Gasteiger partial charge in [-0.2, -0.15) is 5.10 Å². The van der Waals surface area contributed by atoms with Gasteiger partial charge >= 0.3 is 0 Å². The van der Waals surface area contributed by atoms with Crippen molar-refractivity contribution in [3.8, 4) is 0 Å². The first kappa shape index (κ1) is 14.1. The van der Waals surface area contributed by atoms with Crippen molar-refractivity contribution in [2.24, 2.45) is 11.7 Å². The van der Waals surface area contributed by atoms with Crippen LogP contribution in [0.2, 0.25) is 0 Å². The average molecular weight is 264 g/mol. The van der Waals surface area contributed by atoms with Crippen LogP contribution in [0.25, 0.3) is 0 Å². The zero-order chi connectivity index (χ0) is 14.2. The van der Waals surface area contributed by atoms with E-state index in [2.05, 4.69) is 18.9 Å². The van der Waals surface area contributed by atoms with Gasteiger partial charge < -0.3 is 10.6 Å². The van der Waals surface area contributed by atoms with Crippen LogP contribution in [0.3, 0.4) is 0 Å². The lowest BCUT2D eigenvalue weighted by Gasteiger charge is -2.50. The minimum Gasteiger partial charge on any atom is -0.333 e. The van der Waals surface area contributed by atoms with Crippen molar-refractivity contribution in [3.05, 3.63) is 17.5 Å². The summed E-state index contributed by atoms with van der Waals surface area (Å²) in [5.74, 6) is 0.439.